The van der Waals surface area contributed by atoms with Crippen LogP contribution in [-0.4, -0.2) is 36.1 Å². The molecule has 0 atom stereocenters. The van der Waals surface area contributed by atoms with Crippen LogP contribution in [0.5, 0.6) is 0 Å². The Morgan fingerprint density at radius 3 is 2.94 bits per heavy atom. The maximum absolute atomic E-state index is 4.76. The van der Waals surface area contributed by atoms with Gasteiger partial charge in [-0.2, -0.15) is 0 Å². The van der Waals surface area contributed by atoms with Gasteiger partial charge >= 0.3 is 0 Å². The van der Waals surface area contributed by atoms with Crippen LogP contribution >= 0.6 is 27.3 Å². The van der Waals surface area contributed by atoms with Crippen molar-refractivity contribution < 1.29 is 0 Å². The number of nitrogens with zero attached hydrogens (tertiary/aromatic N) is 2. The molecule has 2 aromatic rings. The Morgan fingerprint density at radius 2 is 2.17 bits per heavy atom. The van der Waals surface area contributed by atoms with Gasteiger partial charge in [-0.25, -0.2) is 4.98 Å². The number of thiazole rings is 1. The minimum Gasteiger partial charge on any atom is -0.314 e. The van der Waals surface area contributed by atoms with Crippen LogP contribution in [0.4, 0.5) is 0 Å². The van der Waals surface area contributed by atoms with Crippen molar-refractivity contribution in [3.05, 3.63) is 27.2 Å². The fourth-order valence-corrected chi connectivity index (χ4v) is 4.22. The Hall–Kier alpha value is -0.490. The van der Waals surface area contributed by atoms with Gasteiger partial charge in [-0.15, -0.1) is 11.3 Å². The lowest BCUT2D eigenvalue weighted by atomic mass is 10.2. The van der Waals surface area contributed by atoms with E-state index in [2.05, 4.69) is 45.2 Å². The number of nitrogens with one attached hydrogen (secondary N) is 1. The Balaban J connectivity index is 1.86. The Morgan fingerprint density at radius 1 is 1.39 bits per heavy atom. The summed E-state index contributed by atoms with van der Waals surface area (Å²) in [4.78, 5) is 7.22. The van der Waals surface area contributed by atoms with E-state index < -0.39 is 0 Å². The van der Waals surface area contributed by atoms with Gasteiger partial charge in [0.2, 0.25) is 0 Å². The standard InChI is InChI=1S/C13H16BrN3S/c1-9-6-10(14)13-11(7-9)18-12(16-13)8-17-4-2-15-3-5-17/h6-7,15H,2-5,8H2,1H3. The largest absolute Gasteiger partial charge is 0.314 e. The average molecular weight is 326 g/mol. The zero-order chi connectivity index (χ0) is 12.5. The van der Waals surface area contributed by atoms with Gasteiger partial charge in [0.15, 0.2) is 0 Å². The highest BCUT2D eigenvalue weighted by molar-refractivity contribution is 9.10. The predicted octanol–water partition coefficient (Wildman–Crippen LogP) is 2.77. The lowest BCUT2D eigenvalue weighted by molar-refractivity contribution is 0.233. The van der Waals surface area contributed by atoms with Gasteiger partial charge in [0.25, 0.3) is 0 Å². The molecule has 3 rings (SSSR count). The highest BCUT2D eigenvalue weighted by atomic mass is 79.9. The third-order valence-corrected chi connectivity index (χ3v) is 4.80. The SMILES string of the molecule is Cc1cc(Br)c2nc(CN3CCNCC3)sc2c1. The molecule has 1 saturated heterocycles. The molecule has 18 heavy (non-hydrogen) atoms. The molecule has 0 unspecified atom stereocenters. The van der Waals surface area contributed by atoms with Gasteiger partial charge in [0.1, 0.15) is 5.01 Å². The fraction of sp³-hybridized carbons (Fsp3) is 0.462. The summed E-state index contributed by atoms with van der Waals surface area (Å²) >= 11 is 5.42. The summed E-state index contributed by atoms with van der Waals surface area (Å²) in [5, 5.41) is 4.60. The van der Waals surface area contributed by atoms with E-state index in [1.807, 2.05) is 11.3 Å². The third kappa shape index (κ3) is 2.59. The molecule has 1 aliphatic rings. The number of piperazine rings is 1. The Kier molecular flexibility index (Phi) is 3.66. The third-order valence-electron chi connectivity index (χ3n) is 3.21. The molecular formula is C13H16BrN3S. The summed E-state index contributed by atoms with van der Waals surface area (Å²) in [7, 11) is 0. The molecule has 1 aromatic heterocycles. The normalized spacial score (nSPS) is 17.4. The number of benzene rings is 1. The number of rotatable bonds is 2. The first-order chi connectivity index (χ1) is 8.72. The van der Waals surface area contributed by atoms with E-state index in [4.69, 9.17) is 4.98 Å². The topological polar surface area (TPSA) is 28.2 Å². The van der Waals surface area contributed by atoms with Gasteiger partial charge in [-0.05, 0) is 40.5 Å². The molecule has 0 aliphatic carbocycles. The average Bonchev–Trinajstić information content (AvgIpc) is 2.73. The summed E-state index contributed by atoms with van der Waals surface area (Å²) < 4.78 is 2.40. The minimum absolute atomic E-state index is 0.979. The summed E-state index contributed by atoms with van der Waals surface area (Å²) in [5.41, 5.74) is 2.39. The predicted molar refractivity (Wildman–Crippen MR) is 80.2 cm³/mol. The molecule has 0 bridgehead atoms. The van der Waals surface area contributed by atoms with Crippen LogP contribution in [0.15, 0.2) is 16.6 Å². The number of aromatic nitrogens is 1. The number of hydrogen-bond donors (Lipinski definition) is 1. The van der Waals surface area contributed by atoms with Crippen LogP contribution in [0.2, 0.25) is 0 Å². The van der Waals surface area contributed by atoms with Crippen molar-refractivity contribution in [2.75, 3.05) is 26.2 Å². The molecule has 1 fully saturated rings. The molecule has 0 amide bonds. The van der Waals surface area contributed by atoms with E-state index >= 15 is 0 Å². The van der Waals surface area contributed by atoms with Crippen molar-refractivity contribution in [3.63, 3.8) is 0 Å². The minimum atomic E-state index is 0.979. The first kappa shape index (κ1) is 12.5. The van der Waals surface area contributed by atoms with E-state index in [1.165, 1.54) is 15.3 Å². The molecule has 1 aliphatic heterocycles. The zero-order valence-corrected chi connectivity index (χ0v) is 12.8. The van der Waals surface area contributed by atoms with Gasteiger partial charge in [-0.1, -0.05) is 0 Å². The van der Waals surface area contributed by atoms with Gasteiger partial charge in [0.05, 0.1) is 16.8 Å². The van der Waals surface area contributed by atoms with E-state index in [1.54, 1.807) is 0 Å². The molecule has 2 heterocycles. The lowest BCUT2D eigenvalue weighted by Crippen LogP contribution is -2.42. The molecule has 1 aromatic carbocycles. The molecular weight excluding hydrogens is 310 g/mol. The van der Waals surface area contributed by atoms with Crippen molar-refractivity contribution in [2.24, 2.45) is 0 Å². The van der Waals surface area contributed by atoms with Crippen LogP contribution < -0.4 is 5.32 Å². The van der Waals surface area contributed by atoms with Crippen LogP contribution in [0.1, 0.15) is 10.6 Å². The Bertz CT molecular complexity index is 561. The second kappa shape index (κ2) is 5.25. The quantitative estimate of drug-likeness (QED) is 0.920. The van der Waals surface area contributed by atoms with Crippen LogP contribution in [0, 0.1) is 6.92 Å². The van der Waals surface area contributed by atoms with Gasteiger partial charge in [-0.3, -0.25) is 4.90 Å². The maximum Gasteiger partial charge on any atom is 0.108 e. The van der Waals surface area contributed by atoms with E-state index in [0.29, 0.717) is 0 Å². The molecule has 3 nitrogen and oxygen atoms in total. The number of halogens is 1. The van der Waals surface area contributed by atoms with Gasteiger partial charge in [0, 0.05) is 30.7 Å². The molecule has 0 saturated carbocycles. The highest BCUT2D eigenvalue weighted by Crippen LogP contribution is 2.30. The van der Waals surface area contributed by atoms with Crippen molar-refractivity contribution in [1.29, 1.82) is 0 Å². The highest BCUT2D eigenvalue weighted by Gasteiger charge is 2.13. The fourth-order valence-electron chi connectivity index (χ4n) is 2.29. The van der Waals surface area contributed by atoms with E-state index in [0.717, 1.165) is 42.7 Å². The first-order valence-corrected chi connectivity index (χ1v) is 7.82. The molecule has 96 valence electrons. The van der Waals surface area contributed by atoms with Crippen molar-refractivity contribution >= 4 is 37.5 Å². The van der Waals surface area contributed by atoms with Crippen LogP contribution in [0.25, 0.3) is 10.2 Å². The van der Waals surface area contributed by atoms with Crippen molar-refractivity contribution in [1.82, 2.24) is 15.2 Å². The smallest absolute Gasteiger partial charge is 0.108 e. The monoisotopic (exact) mass is 325 g/mol. The maximum atomic E-state index is 4.76. The second-order valence-corrected chi connectivity index (χ2v) is 6.70. The Labute approximate surface area is 119 Å². The van der Waals surface area contributed by atoms with Crippen molar-refractivity contribution in [3.8, 4) is 0 Å². The summed E-state index contributed by atoms with van der Waals surface area (Å²) in [6.07, 6.45) is 0. The summed E-state index contributed by atoms with van der Waals surface area (Å²) in [6, 6.07) is 4.36. The summed E-state index contributed by atoms with van der Waals surface area (Å²) in [5.74, 6) is 0. The number of fused-ring (bicyclic) bond motifs is 1. The molecule has 1 N–H and O–H groups in total. The zero-order valence-electron chi connectivity index (χ0n) is 10.4. The number of aryl methyl sites for hydroxylation is 1. The molecule has 0 spiro atoms. The summed E-state index contributed by atoms with van der Waals surface area (Å²) in [6.45, 7) is 7.53. The van der Waals surface area contributed by atoms with E-state index in [9.17, 15) is 0 Å². The molecule has 5 heteroatoms. The molecule has 0 radical (unpaired) electrons. The second-order valence-electron chi connectivity index (χ2n) is 4.73. The van der Waals surface area contributed by atoms with Crippen LogP contribution in [0.3, 0.4) is 0 Å². The van der Waals surface area contributed by atoms with Gasteiger partial charge < -0.3 is 5.32 Å². The van der Waals surface area contributed by atoms with Crippen LogP contribution in [-0.2, 0) is 6.54 Å². The first-order valence-electron chi connectivity index (χ1n) is 6.21. The van der Waals surface area contributed by atoms with E-state index in [-0.39, 0.29) is 0 Å². The lowest BCUT2D eigenvalue weighted by Gasteiger charge is -2.26. The number of hydrogen-bond acceptors (Lipinski definition) is 4. The van der Waals surface area contributed by atoms with Crippen molar-refractivity contribution in [2.45, 2.75) is 13.5 Å².